The van der Waals surface area contributed by atoms with Gasteiger partial charge in [-0.3, -0.25) is 4.79 Å². The highest BCUT2D eigenvalue weighted by Gasteiger charge is 2.28. The van der Waals surface area contributed by atoms with Crippen LogP contribution < -0.4 is 9.75 Å². The van der Waals surface area contributed by atoms with E-state index in [0.29, 0.717) is 22.9 Å². The highest BCUT2D eigenvalue weighted by atomic mass is 127. The number of carbonyl (C=O) groups excluding carboxylic acids is 1. The number of hydrogen-bond acceptors (Lipinski definition) is 3. The molecule has 0 fully saturated rings. The first-order valence-electron chi connectivity index (χ1n) is 9.46. The summed E-state index contributed by atoms with van der Waals surface area (Å²) in [6, 6.07) is 20.9. The van der Waals surface area contributed by atoms with Crippen LogP contribution in [0, 0.1) is 3.57 Å². The van der Waals surface area contributed by atoms with Gasteiger partial charge in [-0.05, 0) is 87.4 Å². The van der Waals surface area contributed by atoms with E-state index in [-0.39, 0.29) is 5.91 Å². The summed E-state index contributed by atoms with van der Waals surface area (Å²) in [7, 11) is 0. The quantitative estimate of drug-likeness (QED) is 0.230. The first-order chi connectivity index (χ1) is 14.9. The fourth-order valence-electron chi connectivity index (χ4n) is 3.16. The largest absolute Gasteiger partial charge is 0.487 e. The highest BCUT2D eigenvalue weighted by Crippen LogP contribution is 2.34. The van der Waals surface area contributed by atoms with Gasteiger partial charge in [-0.2, -0.15) is 10.1 Å². The van der Waals surface area contributed by atoms with Crippen LogP contribution in [0.4, 0.5) is 5.69 Å². The van der Waals surface area contributed by atoms with Crippen LogP contribution in [-0.4, -0.2) is 11.6 Å². The SMILES string of the molecule is CC1=NN(c2ccccc2)C(=O)/C1=C/c1cc(Br)c(OCc2ccccc2Cl)c(I)c1. The summed E-state index contributed by atoms with van der Waals surface area (Å²) >= 11 is 12.1. The lowest BCUT2D eigenvalue weighted by molar-refractivity contribution is -0.114. The topological polar surface area (TPSA) is 41.9 Å². The molecule has 3 aromatic rings. The smallest absolute Gasteiger partial charge is 0.280 e. The van der Waals surface area contributed by atoms with Crippen molar-refractivity contribution in [1.29, 1.82) is 0 Å². The predicted molar refractivity (Wildman–Crippen MR) is 138 cm³/mol. The van der Waals surface area contributed by atoms with Crippen LogP contribution in [0.15, 0.2) is 81.9 Å². The summed E-state index contributed by atoms with van der Waals surface area (Å²) < 4.78 is 7.74. The van der Waals surface area contributed by atoms with Crippen LogP contribution in [0.3, 0.4) is 0 Å². The van der Waals surface area contributed by atoms with Crippen molar-refractivity contribution < 1.29 is 9.53 Å². The second kappa shape index (κ2) is 9.54. The van der Waals surface area contributed by atoms with Crippen molar-refractivity contribution in [2.75, 3.05) is 5.01 Å². The number of carbonyl (C=O) groups is 1. The number of hydrogen-bond donors (Lipinski definition) is 0. The van der Waals surface area contributed by atoms with Gasteiger partial charge < -0.3 is 4.74 Å². The minimum absolute atomic E-state index is 0.145. The normalized spacial score (nSPS) is 14.8. The van der Waals surface area contributed by atoms with Gasteiger partial charge in [0.2, 0.25) is 0 Å². The van der Waals surface area contributed by atoms with Gasteiger partial charge in [0.15, 0.2) is 0 Å². The number of nitrogens with zero attached hydrogens (tertiary/aromatic N) is 2. The van der Waals surface area contributed by atoms with Gasteiger partial charge in [0.1, 0.15) is 12.4 Å². The number of rotatable bonds is 5. The zero-order valence-corrected chi connectivity index (χ0v) is 21.0. The Labute approximate surface area is 207 Å². The minimum atomic E-state index is -0.145. The molecule has 0 bridgehead atoms. The lowest BCUT2D eigenvalue weighted by Gasteiger charge is -2.13. The third kappa shape index (κ3) is 4.86. The Morgan fingerprint density at radius 3 is 2.55 bits per heavy atom. The van der Waals surface area contributed by atoms with Gasteiger partial charge in [0, 0.05) is 10.6 Å². The fourth-order valence-corrected chi connectivity index (χ4v) is 5.12. The van der Waals surface area contributed by atoms with Crippen molar-refractivity contribution in [1.82, 2.24) is 0 Å². The van der Waals surface area contributed by atoms with Crippen molar-refractivity contribution in [3.8, 4) is 5.75 Å². The van der Waals surface area contributed by atoms with Crippen LogP contribution >= 0.6 is 50.1 Å². The second-order valence-corrected chi connectivity index (χ2v) is 9.31. The standard InChI is InChI=1S/C24H17BrClIN2O2/c1-15-19(24(30)29(28-15)18-8-3-2-4-9-18)11-16-12-20(25)23(22(27)13-16)31-14-17-7-5-6-10-21(17)26/h2-13H,14H2,1H3/b19-11+. The van der Waals surface area contributed by atoms with E-state index in [4.69, 9.17) is 16.3 Å². The van der Waals surface area contributed by atoms with Crippen molar-refractivity contribution in [2.24, 2.45) is 5.10 Å². The van der Waals surface area contributed by atoms with Crippen molar-refractivity contribution in [3.05, 3.63) is 96.5 Å². The van der Waals surface area contributed by atoms with Gasteiger partial charge in [0.25, 0.3) is 5.91 Å². The molecule has 4 rings (SSSR count). The number of halogens is 3. The maximum absolute atomic E-state index is 12.9. The lowest BCUT2D eigenvalue weighted by Crippen LogP contribution is -2.21. The number of hydrazone groups is 1. The van der Waals surface area contributed by atoms with Crippen LogP contribution in [-0.2, 0) is 11.4 Å². The molecule has 7 heteroatoms. The number of ether oxygens (including phenoxy) is 1. The predicted octanol–water partition coefficient (Wildman–Crippen LogP) is 7.09. The molecule has 3 aromatic carbocycles. The molecule has 1 heterocycles. The van der Waals surface area contributed by atoms with E-state index in [9.17, 15) is 4.79 Å². The van der Waals surface area contributed by atoms with E-state index in [1.54, 1.807) is 0 Å². The maximum Gasteiger partial charge on any atom is 0.280 e. The number of benzene rings is 3. The molecule has 0 aliphatic carbocycles. The third-order valence-corrected chi connectivity index (χ3v) is 6.48. The van der Waals surface area contributed by atoms with E-state index >= 15 is 0 Å². The Morgan fingerprint density at radius 1 is 1.13 bits per heavy atom. The van der Waals surface area contributed by atoms with Gasteiger partial charge >= 0.3 is 0 Å². The molecule has 1 aliphatic rings. The molecule has 0 unspecified atom stereocenters. The van der Waals surface area contributed by atoms with E-state index in [1.165, 1.54) is 5.01 Å². The van der Waals surface area contributed by atoms with Gasteiger partial charge in [-0.15, -0.1) is 0 Å². The molecular weight excluding hydrogens is 591 g/mol. The Bertz CT molecular complexity index is 1190. The fraction of sp³-hybridized carbons (Fsp3) is 0.0833. The maximum atomic E-state index is 12.9. The molecule has 0 atom stereocenters. The van der Waals surface area contributed by atoms with Crippen molar-refractivity contribution in [2.45, 2.75) is 13.5 Å². The summed E-state index contributed by atoms with van der Waals surface area (Å²) in [4.78, 5) is 12.9. The van der Waals surface area contributed by atoms with Crippen LogP contribution in [0.1, 0.15) is 18.1 Å². The van der Waals surface area contributed by atoms with Gasteiger partial charge in [-0.25, -0.2) is 0 Å². The van der Waals surface area contributed by atoms with Crippen LogP contribution in [0.2, 0.25) is 5.02 Å². The van der Waals surface area contributed by atoms with E-state index in [2.05, 4.69) is 43.6 Å². The second-order valence-electron chi connectivity index (χ2n) is 6.89. The first kappa shape index (κ1) is 22.0. The Kier molecular flexibility index (Phi) is 6.79. The summed E-state index contributed by atoms with van der Waals surface area (Å²) in [6.07, 6.45) is 1.86. The number of anilines is 1. The molecule has 0 radical (unpaired) electrons. The number of amides is 1. The summed E-state index contributed by atoms with van der Waals surface area (Å²) in [5.74, 6) is 0.589. The molecule has 1 aliphatic heterocycles. The molecule has 0 aromatic heterocycles. The third-order valence-electron chi connectivity index (χ3n) is 4.72. The average molecular weight is 608 g/mol. The lowest BCUT2D eigenvalue weighted by atomic mass is 10.1. The average Bonchev–Trinajstić information content (AvgIpc) is 3.03. The van der Waals surface area contributed by atoms with Crippen molar-refractivity contribution >= 4 is 73.5 Å². The van der Waals surface area contributed by atoms with Crippen LogP contribution in [0.5, 0.6) is 5.75 Å². The summed E-state index contributed by atoms with van der Waals surface area (Å²) in [5.41, 5.74) is 3.79. The van der Waals surface area contributed by atoms with E-state index in [1.807, 2.05) is 79.7 Å². The minimum Gasteiger partial charge on any atom is -0.487 e. The monoisotopic (exact) mass is 606 g/mol. The molecule has 31 heavy (non-hydrogen) atoms. The van der Waals surface area contributed by atoms with Gasteiger partial charge in [0.05, 0.1) is 25.0 Å². The summed E-state index contributed by atoms with van der Waals surface area (Å²) in [5, 5.41) is 6.54. The zero-order chi connectivity index (χ0) is 22.0. The molecular formula is C24H17BrClIN2O2. The molecule has 0 saturated heterocycles. The molecule has 0 spiro atoms. The molecule has 4 nitrogen and oxygen atoms in total. The number of para-hydroxylation sites is 1. The van der Waals surface area contributed by atoms with Crippen LogP contribution in [0.25, 0.3) is 6.08 Å². The van der Waals surface area contributed by atoms with E-state index in [0.717, 1.165) is 30.6 Å². The Hall–Kier alpha value is -2.16. The zero-order valence-electron chi connectivity index (χ0n) is 16.5. The van der Waals surface area contributed by atoms with Crippen molar-refractivity contribution in [3.63, 3.8) is 0 Å². The summed E-state index contributed by atoms with van der Waals surface area (Å²) in [6.45, 7) is 2.21. The van der Waals surface area contributed by atoms with E-state index < -0.39 is 0 Å². The molecule has 0 N–H and O–H groups in total. The Balaban J connectivity index is 1.57. The Morgan fingerprint density at radius 2 is 1.84 bits per heavy atom. The molecule has 156 valence electrons. The first-order valence-corrected chi connectivity index (χ1v) is 11.7. The van der Waals surface area contributed by atoms with Gasteiger partial charge in [-0.1, -0.05) is 48.0 Å². The molecule has 1 amide bonds. The molecule has 0 saturated carbocycles. The highest BCUT2D eigenvalue weighted by molar-refractivity contribution is 14.1.